The number of benzene rings is 1. The van der Waals surface area contributed by atoms with Crippen molar-refractivity contribution in [2.24, 2.45) is 0 Å². The van der Waals surface area contributed by atoms with Crippen LogP contribution in [0.1, 0.15) is 40.5 Å². The molecule has 1 atom stereocenters. The number of hydrogen-bond donors (Lipinski definition) is 2. The number of nitrogens with one attached hydrogen (secondary N) is 2. The van der Waals surface area contributed by atoms with Gasteiger partial charge in [0.1, 0.15) is 5.69 Å². The monoisotopic (exact) mass is 315 g/mol. The lowest BCUT2D eigenvalue weighted by molar-refractivity contribution is -0.121. The summed E-state index contributed by atoms with van der Waals surface area (Å²) in [7, 11) is 3.34. The molecule has 1 aromatic carbocycles. The SMILES string of the molecule is CNC(=O)C[C@@H](C)N(C)C(=O)c1[nH]c2c(C)ccc(C)c2c1C. The van der Waals surface area contributed by atoms with Crippen LogP contribution in [-0.2, 0) is 4.79 Å². The maximum absolute atomic E-state index is 12.8. The van der Waals surface area contributed by atoms with Crippen LogP contribution in [0.4, 0.5) is 0 Å². The minimum absolute atomic E-state index is 0.0720. The normalized spacial score (nSPS) is 12.3. The van der Waals surface area contributed by atoms with E-state index in [1.165, 1.54) is 0 Å². The van der Waals surface area contributed by atoms with Gasteiger partial charge in [-0.15, -0.1) is 0 Å². The first-order valence-corrected chi connectivity index (χ1v) is 7.84. The molecule has 2 N–H and O–H groups in total. The Labute approximate surface area is 137 Å². The summed E-state index contributed by atoms with van der Waals surface area (Å²) in [4.78, 5) is 29.3. The molecule has 5 heteroatoms. The Bertz CT molecular complexity index is 761. The third-order valence-corrected chi connectivity index (χ3v) is 4.58. The van der Waals surface area contributed by atoms with Crippen molar-refractivity contribution in [2.45, 2.75) is 40.2 Å². The van der Waals surface area contributed by atoms with Gasteiger partial charge in [-0.25, -0.2) is 0 Å². The highest BCUT2D eigenvalue weighted by atomic mass is 16.2. The Morgan fingerprint density at radius 1 is 1.22 bits per heavy atom. The quantitative estimate of drug-likeness (QED) is 0.911. The van der Waals surface area contributed by atoms with Crippen molar-refractivity contribution in [3.8, 4) is 0 Å². The second kappa shape index (κ2) is 6.44. The fraction of sp³-hybridized carbons (Fsp3) is 0.444. The minimum atomic E-state index is -0.171. The molecular formula is C18H25N3O2. The number of carbonyl (C=O) groups excluding carboxylic acids is 2. The van der Waals surface area contributed by atoms with E-state index in [1.54, 1.807) is 19.0 Å². The van der Waals surface area contributed by atoms with Crippen molar-refractivity contribution in [3.63, 3.8) is 0 Å². The summed E-state index contributed by atoms with van der Waals surface area (Å²) in [6.45, 7) is 7.93. The molecule has 0 aliphatic carbocycles. The van der Waals surface area contributed by atoms with Gasteiger partial charge < -0.3 is 15.2 Å². The van der Waals surface area contributed by atoms with Crippen LogP contribution in [0.25, 0.3) is 10.9 Å². The fourth-order valence-corrected chi connectivity index (χ4v) is 2.90. The average Bonchev–Trinajstić information content (AvgIpc) is 2.88. The van der Waals surface area contributed by atoms with Gasteiger partial charge in [-0.2, -0.15) is 0 Å². The first-order chi connectivity index (χ1) is 10.8. The molecule has 0 saturated heterocycles. The lowest BCUT2D eigenvalue weighted by Crippen LogP contribution is -2.38. The molecule has 1 aromatic heterocycles. The molecule has 5 nitrogen and oxygen atoms in total. The third-order valence-electron chi connectivity index (χ3n) is 4.58. The second-order valence-electron chi connectivity index (χ2n) is 6.22. The molecular weight excluding hydrogens is 290 g/mol. The summed E-state index contributed by atoms with van der Waals surface area (Å²) in [5, 5.41) is 3.70. The fourth-order valence-electron chi connectivity index (χ4n) is 2.90. The molecule has 0 bridgehead atoms. The van der Waals surface area contributed by atoms with Crippen molar-refractivity contribution in [1.29, 1.82) is 0 Å². The van der Waals surface area contributed by atoms with Gasteiger partial charge in [-0.3, -0.25) is 9.59 Å². The zero-order valence-corrected chi connectivity index (χ0v) is 14.7. The number of rotatable bonds is 4. The van der Waals surface area contributed by atoms with E-state index in [4.69, 9.17) is 0 Å². The molecule has 0 radical (unpaired) electrons. The van der Waals surface area contributed by atoms with E-state index in [-0.39, 0.29) is 24.3 Å². The molecule has 1 heterocycles. The molecule has 0 unspecified atom stereocenters. The lowest BCUT2D eigenvalue weighted by Gasteiger charge is -2.24. The summed E-state index contributed by atoms with van der Waals surface area (Å²) in [5.41, 5.74) is 4.85. The number of aromatic amines is 1. The maximum atomic E-state index is 12.8. The van der Waals surface area contributed by atoms with E-state index in [9.17, 15) is 9.59 Å². The highest BCUT2D eigenvalue weighted by molar-refractivity contribution is 6.02. The molecule has 23 heavy (non-hydrogen) atoms. The molecule has 0 aliphatic rings. The first-order valence-electron chi connectivity index (χ1n) is 7.84. The topological polar surface area (TPSA) is 65.2 Å². The number of nitrogens with zero attached hydrogens (tertiary/aromatic N) is 1. The van der Waals surface area contributed by atoms with Gasteiger partial charge >= 0.3 is 0 Å². The smallest absolute Gasteiger partial charge is 0.270 e. The minimum Gasteiger partial charge on any atom is -0.359 e. The van der Waals surface area contributed by atoms with Gasteiger partial charge in [0.05, 0.1) is 0 Å². The van der Waals surface area contributed by atoms with Crippen molar-refractivity contribution in [2.75, 3.05) is 14.1 Å². The predicted molar refractivity (Wildman–Crippen MR) is 92.7 cm³/mol. The number of carbonyl (C=O) groups is 2. The van der Waals surface area contributed by atoms with Crippen molar-refractivity contribution in [3.05, 3.63) is 34.5 Å². The number of aryl methyl sites for hydroxylation is 3. The maximum Gasteiger partial charge on any atom is 0.270 e. The zero-order valence-electron chi connectivity index (χ0n) is 14.7. The summed E-state index contributed by atoms with van der Waals surface area (Å²) in [5.74, 6) is -0.161. The van der Waals surface area contributed by atoms with Crippen LogP contribution in [0, 0.1) is 20.8 Å². The lowest BCUT2D eigenvalue weighted by atomic mass is 10.0. The van der Waals surface area contributed by atoms with E-state index in [2.05, 4.69) is 29.4 Å². The van der Waals surface area contributed by atoms with E-state index in [0.29, 0.717) is 5.69 Å². The van der Waals surface area contributed by atoms with E-state index < -0.39 is 0 Å². The summed E-state index contributed by atoms with van der Waals surface area (Å²) in [6.07, 6.45) is 0.288. The van der Waals surface area contributed by atoms with Crippen LogP contribution in [0.15, 0.2) is 12.1 Å². The predicted octanol–water partition coefficient (Wildman–Crippen LogP) is 2.69. The highest BCUT2D eigenvalue weighted by Crippen LogP contribution is 2.28. The number of aromatic nitrogens is 1. The standard InChI is InChI=1S/C18H25N3O2/c1-10-7-8-11(2)16-15(10)13(4)17(20-16)18(23)21(6)12(3)9-14(22)19-5/h7-8,12,20H,9H2,1-6H3,(H,19,22)/t12-/m1/s1. The van der Waals surface area contributed by atoms with Crippen molar-refractivity contribution in [1.82, 2.24) is 15.2 Å². The summed E-state index contributed by atoms with van der Waals surface area (Å²) >= 11 is 0. The van der Waals surface area contributed by atoms with E-state index in [0.717, 1.165) is 27.6 Å². The van der Waals surface area contributed by atoms with Gasteiger partial charge in [-0.1, -0.05) is 12.1 Å². The average molecular weight is 315 g/mol. The van der Waals surface area contributed by atoms with Gasteiger partial charge in [0, 0.05) is 37.5 Å². The highest BCUT2D eigenvalue weighted by Gasteiger charge is 2.24. The van der Waals surface area contributed by atoms with E-state index in [1.807, 2.05) is 20.8 Å². The number of H-pyrrole nitrogens is 1. The van der Waals surface area contributed by atoms with Crippen LogP contribution >= 0.6 is 0 Å². The largest absolute Gasteiger partial charge is 0.359 e. The number of hydrogen-bond acceptors (Lipinski definition) is 2. The number of amides is 2. The molecule has 2 rings (SSSR count). The molecule has 0 saturated carbocycles. The van der Waals surface area contributed by atoms with Gasteiger partial charge in [0.2, 0.25) is 5.91 Å². The Morgan fingerprint density at radius 2 is 1.83 bits per heavy atom. The van der Waals surface area contributed by atoms with Crippen LogP contribution in [0.5, 0.6) is 0 Å². The van der Waals surface area contributed by atoms with Crippen molar-refractivity contribution < 1.29 is 9.59 Å². The summed E-state index contributed by atoms with van der Waals surface area (Å²) < 4.78 is 0. The second-order valence-corrected chi connectivity index (χ2v) is 6.22. The number of fused-ring (bicyclic) bond motifs is 1. The first kappa shape index (κ1) is 17.1. The van der Waals surface area contributed by atoms with Gasteiger partial charge in [-0.05, 0) is 44.4 Å². The molecule has 124 valence electrons. The van der Waals surface area contributed by atoms with Crippen LogP contribution < -0.4 is 5.32 Å². The van der Waals surface area contributed by atoms with Crippen molar-refractivity contribution >= 4 is 22.7 Å². The Kier molecular flexibility index (Phi) is 4.78. The van der Waals surface area contributed by atoms with Crippen LogP contribution in [0.2, 0.25) is 0 Å². The van der Waals surface area contributed by atoms with Crippen LogP contribution in [0.3, 0.4) is 0 Å². The Morgan fingerprint density at radius 3 is 2.39 bits per heavy atom. The van der Waals surface area contributed by atoms with E-state index >= 15 is 0 Å². The van der Waals surface area contributed by atoms with Gasteiger partial charge in [0.25, 0.3) is 5.91 Å². The Balaban J connectivity index is 2.38. The third kappa shape index (κ3) is 3.09. The molecule has 0 fully saturated rings. The Hall–Kier alpha value is -2.30. The van der Waals surface area contributed by atoms with Crippen LogP contribution in [-0.4, -0.2) is 41.8 Å². The molecule has 2 aromatic rings. The van der Waals surface area contributed by atoms with Gasteiger partial charge in [0.15, 0.2) is 0 Å². The summed E-state index contributed by atoms with van der Waals surface area (Å²) in [6, 6.07) is 3.96. The zero-order chi connectivity index (χ0) is 17.3. The molecule has 0 aliphatic heterocycles. The molecule has 0 spiro atoms. The molecule has 2 amide bonds.